The first kappa shape index (κ1) is 40.7. The number of anilines is 1. The molecule has 0 spiro atoms. The van der Waals surface area contributed by atoms with Gasteiger partial charge in [-0.2, -0.15) is 12.6 Å². The largest absolute Gasteiger partial charge is 0.461 e. The second kappa shape index (κ2) is 15.0. The quantitative estimate of drug-likeness (QED) is 0.231. The Hall–Kier alpha value is -3.49. The first-order chi connectivity index (χ1) is 26.4. The number of nitrogens with one attached hydrogen (secondary N) is 1. The summed E-state index contributed by atoms with van der Waals surface area (Å²) in [5.41, 5.74) is -0.983. The number of hydrogen-bond donors (Lipinski definition) is 3. The van der Waals surface area contributed by atoms with E-state index in [4.69, 9.17) is 22.1 Å². The number of rotatable bonds is 8. The topological polar surface area (TPSA) is 147 Å². The Morgan fingerprint density at radius 1 is 1.05 bits per heavy atom. The number of carbonyl (C=O) groups excluding carboxylic acids is 4. The lowest BCUT2D eigenvalue weighted by Crippen LogP contribution is -2.64. The number of piperidine rings is 1. The molecule has 5 aliphatic rings. The minimum absolute atomic E-state index is 0.0539. The van der Waals surface area contributed by atoms with E-state index in [1.165, 1.54) is 12.3 Å². The highest BCUT2D eigenvalue weighted by Crippen LogP contribution is 2.67. The van der Waals surface area contributed by atoms with E-state index in [1.54, 1.807) is 6.07 Å². The molecule has 2 unspecified atom stereocenters. The van der Waals surface area contributed by atoms with Gasteiger partial charge in [-0.15, -0.1) is 0 Å². The molecule has 306 valence electrons. The monoisotopic (exact) mass is 796 g/mol. The molecule has 1 saturated heterocycles. The number of aromatic nitrogens is 1. The fraction of sp³-hybridized carbons (Fsp3) is 0.690. The third kappa shape index (κ3) is 7.05. The maximum Gasteiger partial charge on any atom is 0.414 e. The molecule has 8 atom stereocenters. The molecule has 5 fully saturated rings. The van der Waals surface area contributed by atoms with Crippen LogP contribution in [0.25, 0.3) is 10.9 Å². The smallest absolute Gasteiger partial charge is 0.414 e. The van der Waals surface area contributed by atoms with Crippen molar-refractivity contribution < 1.29 is 38.1 Å². The zero-order valence-electron chi connectivity index (χ0n) is 33.4. The highest BCUT2D eigenvalue weighted by atomic mass is 32.1. The van der Waals surface area contributed by atoms with Gasteiger partial charge in [-0.25, -0.2) is 14.0 Å². The summed E-state index contributed by atoms with van der Waals surface area (Å²) in [5, 5.41) is 14.2. The van der Waals surface area contributed by atoms with Crippen LogP contribution in [0.4, 0.5) is 14.9 Å². The molecule has 56 heavy (non-hydrogen) atoms. The van der Waals surface area contributed by atoms with E-state index in [1.807, 2.05) is 49.2 Å². The molecular formula is C42H57FN4O8S. The number of ketones is 1. The molecule has 2 aromatic rings. The van der Waals surface area contributed by atoms with Crippen molar-refractivity contribution in [3.63, 3.8) is 0 Å². The predicted octanol–water partition coefficient (Wildman–Crippen LogP) is 5.52. The number of fused-ring (bicyclic) bond motifs is 1. The van der Waals surface area contributed by atoms with Gasteiger partial charge in [0.15, 0.2) is 0 Å². The van der Waals surface area contributed by atoms with E-state index in [-0.39, 0.29) is 53.6 Å². The number of pyridine rings is 1. The molecule has 2 amide bonds. The van der Waals surface area contributed by atoms with Crippen LogP contribution in [0.2, 0.25) is 0 Å². The van der Waals surface area contributed by atoms with Gasteiger partial charge in [0.2, 0.25) is 11.3 Å². The number of aliphatic hydroxyl groups excluding tert-OH is 1. The standard InChI is InChI=1S/C42H57FN4O8S/c1-23-9-13-42-14-10-32(48)35(42)41(23,4)33(21-40(3,56)36(50)24(42)2)55-39(53)44-37(51)25-11-15-46(16-12-25)31-20-30-27(19-29(31)43)34(49)28(22-47(30)26-7-8-26)38(52)54-18-17-45(5)6/h19-20,22-26,33,35-36,50,56H,7-18,21H2,1-6H3,(H,44,51,53)/t23-,24+,33-,35?,36+,40-,41+,42?/m1/s1. The number of Topliss-reactive ketones (excluding diaryl/α,β-unsaturated/α-hetero) is 1. The number of benzene rings is 1. The van der Waals surface area contributed by atoms with Crippen LogP contribution in [-0.2, 0) is 19.1 Å². The molecular weight excluding hydrogens is 740 g/mol. The zero-order valence-corrected chi connectivity index (χ0v) is 34.3. The van der Waals surface area contributed by atoms with Crippen molar-refractivity contribution in [2.24, 2.45) is 34.5 Å². The molecule has 1 aromatic heterocycles. The molecule has 4 aliphatic carbocycles. The molecule has 0 radical (unpaired) electrons. The summed E-state index contributed by atoms with van der Waals surface area (Å²) >= 11 is 4.92. The Morgan fingerprint density at radius 3 is 2.41 bits per heavy atom. The van der Waals surface area contributed by atoms with E-state index in [2.05, 4.69) is 12.2 Å². The van der Waals surface area contributed by atoms with E-state index >= 15 is 4.39 Å². The van der Waals surface area contributed by atoms with Crippen molar-refractivity contribution in [1.29, 1.82) is 0 Å². The lowest BCUT2D eigenvalue weighted by Gasteiger charge is -2.61. The molecule has 4 saturated carbocycles. The van der Waals surface area contributed by atoms with Crippen LogP contribution in [0, 0.1) is 40.3 Å². The average Bonchev–Trinajstić information content (AvgIpc) is 3.93. The van der Waals surface area contributed by atoms with Crippen molar-refractivity contribution in [1.82, 2.24) is 14.8 Å². The third-order valence-electron chi connectivity index (χ3n) is 14.5. The van der Waals surface area contributed by atoms with E-state index in [9.17, 15) is 29.1 Å². The maximum atomic E-state index is 15.8. The molecule has 7 rings (SSSR count). The van der Waals surface area contributed by atoms with Gasteiger partial charge in [0.25, 0.3) is 0 Å². The number of aliphatic hydroxyl groups is 1. The van der Waals surface area contributed by atoms with E-state index < -0.39 is 62.9 Å². The summed E-state index contributed by atoms with van der Waals surface area (Å²) in [6.45, 7) is 9.32. The van der Waals surface area contributed by atoms with Crippen molar-refractivity contribution in [2.75, 3.05) is 45.2 Å². The second-order valence-corrected chi connectivity index (χ2v) is 19.2. The Balaban J connectivity index is 1.04. The second-order valence-electron chi connectivity index (χ2n) is 18.1. The first-order valence-electron chi connectivity index (χ1n) is 20.3. The number of esters is 1. The molecule has 1 aromatic carbocycles. The number of alkyl carbamates (subject to hydrolysis) is 1. The van der Waals surface area contributed by atoms with Crippen molar-refractivity contribution >= 4 is 53.0 Å². The van der Waals surface area contributed by atoms with Gasteiger partial charge in [0.1, 0.15) is 29.9 Å². The van der Waals surface area contributed by atoms with Crippen molar-refractivity contribution in [3.05, 3.63) is 39.9 Å². The summed E-state index contributed by atoms with van der Waals surface area (Å²) in [7, 11) is 3.70. The van der Waals surface area contributed by atoms with Crippen LogP contribution < -0.4 is 15.6 Å². The molecule has 14 heteroatoms. The number of thiol groups is 1. The predicted molar refractivity (Wildman–Crippen MR) is 212 cm³/mol. The van der Waals surface area contributed by atoms with Crippen LogP contribution in [0.15, 0.2) is 23.1 Å². The van der Waals surface area contributed by atoms with Gasteiger partial charge in [-0.3, -0.25) is 19.7 Å². The number of halogens is 1. The van der Waals surface area contributed by atoms with Gasteiger partial charge in [-0.1, -0.05) is 20.8 Å². The Morgan fingerprint density at radius 2 is 1.75 bits per heavy atom. The molecule has 2 N–H and O–H groups in total. The number of imide groups is 1. The Bertz CT molecular complexity index is 1970. The summed E-state index contributed by atoms with van der Waals surface area (Å²) in [4.78, 5) is 70.8. The third-order valence-corrected chi connectivity index (χ3v) is 14.9. The van der Waals surface area contributed by atoms with Gasteiger partial charge in [0.05, 0.1) is 17.3 Å². The van der Waals surface area contributed by atoms with Crippen molar-refractivity contribution in [3.8, 4) is 0 Å². The lowest BCUT2D eigenvalue weighted by molar-refractivity contribution is -0.179. The van der Waals surface area contributed by atoms with E-state index in [0.717, 1.165) is 25.7 Å². The fourth-order valence-corrected chi connectivity index (χ4v) is 11.2. The molecule has 2 heterocycles. The summed E-state index contributed by atoms with van der Waals surface area (Å²) in [5.74, 6) is -2.69. The number of ether oxygens (including phenoxy) is 2. The van der Waals surface area contributed by atoms with Crippen LogP contribution in [0.3, 0.4) is 0 Å². The number of amides is 2. The van der Waals surface area contributed by atoms with Gasteiger partial charge < -0.3 is 28.9 Å². The summed E-state index contributed by atoms with van der Waals surface area (Å²) < 4.78 is 28.3. The van der Waals surface area contributed by atoms with Crippen LogP contribution >= 0.6 is 12.6 Å². The average molecular weight is 797 g/mol. The van der Waals surface area contributed by atoms with E-state index in [0.29, 0.717) is 56.5 Å². The minimum atomic E-state index is -0.908. The first-order valence-corrected chi connectivity index (χ1v) is 20.7. The zero-order chi connectivity index (χ0) is 40.5. The number of nitrogens with zero attached hydrogens (tertiary/aromatic N) is 3. The number of likely N-dealkylation sites (N-methyl/N-ethyl adjacent to an activating group) is 1. The van der Waals surface area contributed by atoms with Crippen LogP contribution in [-0.4, -0.2) is 95.6 Å². The SMILES string of the molecule is C[C@@H]1CCC23CCC(=O)C2[C@]1(C)[C@H](OC(=O)NC(=O)C1CCN(c2cc4c(cc2F)c(=O)c(C(=O)OCCN(C)C)cn4C2CC2)CC1)C[C@@](C)(S)[C@@H](O)[C@@H]3C. The highest BCUT2D eigenvalue weighted by molar-refractivity contribution is 7.81. The van der Waals surface area contributed by atoms with Crippen LogP contribution in [0.5, 0.6) is 0 Å². The fourth-order valence-electron chi connectivity index (χ4n) is 10.8. The molecule has 12 nitrogen and oxygen atoms in total. The Labute approximate surface area is 333 Å². The van der Waals surface area contributed by atoms with Gasteiger partial charge >= 0.3 is 12.1 Å². The lowest BCUT2D eigenvalue weighted by atomic mass is 9.45. The van der Waals surface area contributed by atoms with Gasteiger partial charge in [0, 0.05) is 72.1 Å². The minimum Gasteiger partial charge on any atom is -0.461 e. The van der Waals surface area contributed by atoms with Crippen molar-refractivity contribution in [2.45, 2.75) is 108 Å². The summed E-state index contributed by atoms with van der Waals surface area (Å²) in [6, 6.07) is 2.93. The maximum absolute atomic E-state index is 15.8. The van der Waals surface area contributed by atoms with Crippen LogP contribution in [0.1, 0.15) is 102 Å². The Kier molecular flexibility index (Phi) is 10.9. The highest BCUT2D eigenvalue weighted by Gasteiger charge is 2.68. The number of hydrogen-bond acceptors (Lipinski definition) is 11. The normalized spacial score (nSPS) is 33.5. The number of carbonyl (C=O) groups is 4. The van der Waals surface area contributed by atoms with Gasteiger partial charge in [-0.05, 0) is 95.3 Å². The molecule has 1 aliphatic heterocycles. The summed E-state index contributed by atoms with van der Waals surface area (Å²) in [6.07, 6.45) is 4.48. The molecule has 2 bridgehead atoms.